The Morgan fingerprint density at radius 2 is 1.74 bits per heavy atom. The number of halogens is 3. The molecule has 2 aliphatic rings. The highest BCUT2D eigenvalue weighted by molar-refractivity contribution is 6.00. The second kappa shape index (κ2) is 7.43. The van der Waals surface area contributed by atoms with Crippen LogP contribution >= 0.6 is 0 Å². The summed E-state index contributed by atoms with van der Waals surface area (Å²) in [7, 11) is 0. The Morgan fingerprint density at radius 3 is 2.30 bits per heavy atom. The van der Waals surface area contributed by atoms with E-state index >= 15 is 0 Å². The molecule has 4 nitrogen and oxygen atoms in total. The van der Waals surface area contributed by atoms with Crippen molar-refractivity contribution in [2.24, 2.45) is 5.41 Å². The molecule has 1 aliphatic carbocycles. The van der Waals surface area contributed by atoms with Crippen molar-refractivity contribution < 1.29 is 27.8 Å². The Labute approximate surface area is 157 Å². The van der Waals surface area contributed by atoms with Crippen LogP contribution in [0.1, 0.15) is 44.6 Å². The lowest BCUT2D eigenvalue weighted by Crippen LogP contribution is -2.46. The standard InChI is InChI=1S/C20H26F3NO3/c1-2-15-3-5-16(6-4-15)24-12-11-18(17(24)25)7-9-19(26,10-8-18)13-27-14-20(21,22)23/h3-6,26H,2,7-14H2,1H3/t18-,19-. The summed E-state index contributed by atoms with van der Waals surface area (Å²) < 4.78 is 41.3. The van der Waals surface area contributed by atoms with Crippen molar-refractivity contribution in [1.29, 1.82) is 0 Å². The van der Waals surface area contributed by atoms with Gasteiger partial charge in [0.2, 0.25) is 5.91 Å². The summed E-state index contributed by atoms with van der Waals surface area (Å²) >= 11 is 0. The van der Waals surface area contributed by atoms with E-state index in [2.05, 4.69) is 11.7 Å². The molecule has 2 fully saturated rings. The molecule has 27 heavy (non-hydrogen) atoms. The number of amides is 1. The molecule has 0 bridgehead atoms. The van der Waals surface area contributed by atoms with Gasteiger partial charge in [0.25, 0.3) is 0 Å². The maximum Gasteiger partial charge on any atom is 0.411 e. The molecular weight excluding hydrogens is 359 g/mol. The summed E-state index contributed by atoms with van der Waals surface area (Å²) in [5.74, 6) is 0.0602. The average Bonchev–Trinajstić information content (AvgIpc) is 2.94. The van der Waals surface area contributed by atoms with Gasteiger partial charge in [0, 0.05) is 12.2 Å². The number of hydrogen-bond acceptors (Lipinski definition) is 3. The molecular formula is C20H26F3NO3. The van der Waals surface area contributed by atoms with E-state index in [1.807, 2.05) is 24.3 Å². The molecule has 0 atom stereocenters. The summed E-state index contributed by atoms with van der Waals surface area (Å²) in [5.41, 5.74) is 0.289. The molecule has 1 aromatic carbocycles. The van der Waals surface area contributed by atoms with Crippen LogP contribution in [0.5, 0.6) is 0 Å². The lowest BCUT2D eigenvalue weighted by atomic mass is 9.68. The number of anilines is 1. The van der Waals surface area contributed by atoms with E-state index in [4.69, 9.17) is 0 Å². The Hall–Kier alpha value is -1.60. The van der Waals surface area contributed by atoms with Crippen molar-refractivity contribution in [1.82, 2.24) is 0 Å². The van der Waals surface area contributed by atoms with Crippen molar-refractivity contribution in [2.45, 2.75) is 57.2 Å². The van der Waals surface area contributed by atoms with Crippen LogP contribution in [0, 0.1) is 5.41 Å². The number of aryl methyl sites for hydroxylation is 1. The van der Waals surface area contributed by atoms with Crippen molar-refractivity contribution in [3.63, 3.8) is 0 Å². The number of aliphatic hydroxyl groups is 1. The first-order valence-electron chi connectivity index (χ1n) is 9.44. The topological polar surface area (TPSA) is 49.8 Å². The highest BCUT2D eigenvalue weighted by Crippen LogP contribution is 2.48. The minimum Gasteiger partial charge on any atom is -0.387 e. The number of hydrogen-bond donors (Lipinski definition) is 1. The first-order valence-corrected chi connectivity index (χ1v) is 9.44. The third kappa shape index (κ3) is 4.46. The first kappa shape index (κ1) is 20.1. The third-order valence-electron chi connectivity index (χ3n) is 5.94. The van der Waals surface area contributed by atoms with Crippen LogP contribution < -0.4 is 4.90 Å². The summed E-state index contributed by atoms with van der Waals surface area (Å²) in [4.78, 5) is 14.9. The molecule has 1 spiro atoms. The fourth-order valence-corrected chi connectivity index (χ4v) is 4.14. The summed E-state index contributed by atoms with van der Waals surface area (Å²) in [6, 6.07) is 7.95. The zero-order valence-corrected chi connectivity index (χ0v) is 15.5. The molecule has 3 rings (SSSR count). The van der Waals surface area contributed by atoms with Crippen LogP contribution in [-0.2, 0) is 16.0 Å². The molecule has 1 heterocycles. The maximum atomic E-state index is 13.1. The van der Waals surface area contributed by atoms with Crippen LogP contribution in [-0.4, -0.2) is 42.5 Å². The predicted molar refractivity (Wildman–Crippen MR) is 95.5 cm³/mol. The second-order valence-corrected chi connectivity index (χ2v) is 7.84. The van der Waals surface area contributed by atoms with E-state index in [0.29, 0.717) is 25.8 Å². The zero-order chi connectivity index (χ0) is 19.7. The van der Waals surface area contributed by atoms with Gasteiger partial charge in [-0.25, -0.2) is 0 Å². The summed E-state index contributed by atoms with van der Waals surface area (Å²) in [6.07, 6.45) is -1.25. The molecule has 1 amide bonds. The van der Waals surface area contributed by atoms with E-state index in [1.54, 1.807) is 4.90 Å². The summed E-state index contributed by atoms with van der Waals surface area (Å²) in [6.45, 7) is 1.000. The number of carbonyl (C=O) groups excluding carboxylic acids is 1. The van der Waals surface area contributed by atoms with E-state index < -0.39 is 23.8 Å². The quantitative estimate of drug-likeness (QED) is 0.838. The number of ether oxygens (including phenoxy) is 1. The molecule has 1 N–H and O–H groups in total. The highest BCUT2D eigenvalue weighted by atomic mass is 19.4. The third-order valence-corrected chi connectivity index (χ3v) is 5.94. The molecule has 1 saturated heterocycles. The van der Waals surface area contributed by atoms with Crippen molar-refractivity contribution >= 4 is 11.6 Å². The van der Waals surface area contributed by atoms with Gasteiger partial charge in [0.15, 0.2) is 0 Å². The van der Waals surface area contributed by atoms with Gasteiger partial charge in [-0.15, -0.1) is 0 Å². The van der Waals surface area contributed by atoms with Gasteiger partial charge in [0.1, 0.15) is 6.61 Å². The maximum absolute atomic E-state index is 13.1. The fraction of sp³-hybridized carbons (Fsp3) is 0.650. The molecule has 0 unspecified atom stereocenters. The first-order chi connectivity index (χ1) is 12.7. The Bertz CT molecular complexity index is 664. The molecule has 1 aliphatic heterocycles. The van der Waals surface area contributed by atoms with Gasteiger partial charge in [-0.3, -0.25) is 4.79 Å². The molecule has 150 valence electrons. The number of nitrogens with zero attached hydrogens (tertiary/aromatic N) is 1. The van der Waals surface area contributed by atoms with E-state index in [0.717, 1.165) is 12.1 Å². The van der Waals surface area contributed by atoms with Gasteiger partial charge in [-0.2, -0.15) is 13.2 Å². The number of rotatable bonds is 5. The Kier molecular flexibility index (Phi) is 5.54. The van der Waals surface area contributed by atoms with Gasteiger partial charge in [-0.1, -0.05) is 19.1 Å². The van der Waals surface area contributed by atoms with Crippen LogP contribution in [0.15, 0.2) is 24.3 Å². The van der Waals surface area contributed by atoms with Gasteiger partial charge < -0.3 is 14.7 Å². The van der Waals surface area contributed by atoms with E-state index in [9.17, 15) is 23.1 Å². The Morgan fingerprint density at radius 1 is 1.11 bits per heavy atom. The SMILES string of the molecule is CCc1ccc(N2CC[C@]3(CC[C@](O)(COCC(F)(F)F)CC3)C2=O)cc1. The minimum absolute atomic E-state index is 0.0602. The van der Waals surface area contributed by atoms with E-state index in [1.165, 1.54) is 5.56 Å². The zero-order valence-electron chi connectivity index (χ0n) is 15.5. The van der Waals surface area contributed by atoms with Gasteiger partial charge >= 0.3 is 6.18 Å². The molecule has 7 heteroatoms. The minimum atomic E-state index is -4.40. The highest BCUT2D eigenvalue weighted by Gasteiger charge is 2.51. The van der Waals surface area contributed by atoms with E-state index in [-0.39, 0.29) is 25.4 Å². The second-order valence-electron chi connectivity index (χ2n) is 7.84. The predicted octanol–water partition coefficient (Wildman–Crippen LogP) is 3.86. The van der Waals surface area contributed by atoms with Gasteiger partial charge in [-0.05, 0) is 56.2 Å². The fourth-order valence-electron chi connectivity index (χ4n) is 4.14. The largest absolute Gasteiger partial charge is 0.411 e. The molecule has 0 radical (unpaired) electrons. The molecule has 1 saturated carbocycles. The average molecular weight is 385 g/mol. The number of benzene rings is 1. The van der Waals surface area contributed by atoms with Crippen molar-refractivity contribution in [3.05, 3.63) is 29.8 Å². The lowest BCUT2D eigenvalue weighted by molar-refractivity contribution is -0.191. The lowest BCUT2D eigenvalue weighted by Gasteiger charge is -2.40. The smallest absolute Gasteiger partial charge is 0.387 e. The molecule has 0 aromatic heterocycles. The van der Waals surface area contributed by atoms with Crippen LogP contribution in [0.25, 0.3) is 0 Å². The molecule has 1 aromatic rings. The Balaban J connectivity index is 1.60. The van der Waals surface area contributed by atoms with Crippen molar-refractivity contribution in [2.75, 3.05) is 24.7 Å². The monoisotopic (exact) mass is 385 g/mol. The number of carbonyl (C=O) groups is 1. The number of alkyl halides is 3. The normalized spacial score (nSPS) is 28.9. The van der Waals surface area contributed by atoms with Gasteiger partial charge in [0.05, 0.1) is 17.6 Å². The van der Waals surface area contributed by atoms with Crippen LogP contribution in [0.4, 0.5) is 18.9 Å². The van der Waals surface area contributed by atoms with Crippen molar-refractivity contribution in [3.8, 4) is 0 Å². The summed E-state index contributed by atoms with van der Waals surface area (Å²) in [5, 5.41) is 10.5. The van der Waals surface area contributed by atoms with Crippen LogP contribution in [0.3, 0.4) is 0 Å². The van der Waals surface area contributed by atoms with Crippen LogP contribution in [0.2, 0.25) is 0 Å².